The number of hydrogen-bond acceptors (Lipinski definition) is 3. The topological polar surface area (TPSA) is 39.4 Å². The number of rotatable bonds is 3. The summed E-state index contributed by atoms with van der Waals surface area (Å²) in [5.41, 5.74) is 2.03. The van der Waals surface area contributed by atoms with Crippen molar-refractivity contribution in [1.82, 2.24) is 14.6 Å². The molecule has 1 atom stereocenters. The largest absolute Gasteiger partial charge is 0.437 e. The quantitative estimate of drug-likeness (QED) is 0.704. The number of para-hydroxylation sites is 1. The van der Waals surface area contributed by atoms with Crippen LogP contribution in [-0.2, 0) is 0 Å². The fraction of sp³-hybridized carbons (Fsp3) is 0.100. The smallest absolute Gasteiger partial charge is 0.247 e. The van der Waals surface area contributed by atoms with Gasteiger partial charge in [0.25, 0.3) is 0 Å². The molecule has 4 heteroatoms. The van der Waals surface area contributed by atoms with Crippen LogP contribution in [0.1, 0.15) is 18.7 Å². The maximum Gasteiger partial charge on any atom is 0.247 e. The SMILES string of the molecule is CC1=CC(c2nc(Oc3ccccc3)c3cccn3n2)C=CC=C1. The van der Waals surface area contributed by atoms with Gasteiger partial charge < -0.3 is 4.74 Å². The highest BCUT2D eigenvalue weighted by atomic mass is 16.5. The van der Waals surface area contributed by atoms with E-state index < -0.39 is 0 Å². The summed E-state index contributed by atoms with van der Waals surface area (Å²) < 4.78 is 7.82. The molecule has 0 spiro atoms. The number of ether oxygens (including phenoxy) is 1. The van der Waals surface area contributed by atoms with Crippen molar-refractivity contribution in [2.24, 2.45) is 0 Å². The van der Waals surface area contributed by atoms with Gasteiger partial charge in [-0.15, -0.1) is 0 Å². The summed E-state index contributed by atoms with van der Waals surface area (Å²) in [6.07, 6.45) is 12.3. The summed E-state index contributed by atoms with van der Waals surface area (Å²) in [6, 6.07) is 13.6. The lowest BCUT2D eigenvalue weighted by molar-refractivity contribution is 0.459. The van der Waals surface area contributed by atoms with Crippen LogP contribution in [0.5, 0.6) is 11.6 Å². The first-order valence-electron chi connectivity index (χ1n) is 7.91. The molecule has 0 radical (unpaired) electrons. The minimum Gasteiger partial charge on any atom is -0.437 e. The Hall–Kier alpha value is -3.14. The number of fused-ring (bicyclic) bond motifs is 1. The molecule has 1 unspecified atom stereocenters. The van der Waals surface area contributed by atoms with Gasteiger partial charge in [-0.2, -0.15) is 10.1 Å². The molecule has 0 bridgehead atoms. The average Bonchev–Trinajstić information content (AvgIpc) is 2.97. The molecule has 4 rings (SSSR count). The molecule has 3 aromatic rings. The van der Waals surface area contributed by atoms with Gasteiger partial charge in [0.2, 0.25) is 5.88 Å². The Kier molecular flexibility index (Phi) is 3.71. The molecule has 0 saturated heterocycles. The van der Waals surface area contributed by atoms with Crippen molar-refractivity contribution < 1.29 is 4.74 Å². The molecule has 118 valence electrons. The highest BCUT2D eigenvalue weighted by Crippen LogP contribution is 2.27. The van der Waals surface area contributed by atoms with E-state index in [1.54, 1.807) is 0 Å². The molecule has 0 N–H and O–H groups in total. The molecule has 2 heterocycles. The Morgan fingerprint density at radius 3 is 2.79 bits per heavy atom. The van der Waals surface area contributed by atoms with E-state index in [-0.39, 0.29) is 5.92 Å². The average molecular weight is 315 g/mol. The second-order valence-electron chi connectivity index (χ2n) is 5.71. The van der Waals surface area contributed by atoms with Crippen LogP contribution in [0.4, 0.5) is 0 Å². The molecular formula is C20H17N3O. The molecule has 4 nitrogen and oxygen atoms in total. The highest BCUT2D eigenvalue weighted by Gasteiger charge is 2.15. The predicted octanol–water partition coefficient (Wildman–Crippen LogP) is 4.68. The summed E-state index contributed by atoms with van der Waals surface area (Å²) in [4.78, 5) is 4.69. The van der Waals surface area contributed by atoms with Crippen molar-refractivity contribution in [2.45, 2.75) is 12.8 Å². The number of hydrogen-bond donors (Lipinski definition) is 0. The summed E-state index contributed by atoms with van der Waals surface area (Å²) in [5.74, 6) is 2.05. The highest BCUT2D eigenvalue weighted by molar-refractivity contribution is 5.57. The van der Waals surface area contributed by atoms with E-state index in [2.05, 4.69) is 30.3 Å². The summed E-state index contributed by atoms with van der Waals surface area (Å²) in [6.45, 7) is 2.08. The second kappa shape index (κ2) is 6.16. The van der Waals surface area contributed by atoms with Gasteiger partial charge in [0.05, 0.1) is 5.92 Å². The van der Waals surface area contributed by atoms with Gasteiger partial charge >= 0.3 is 0 Å². The van der Waals surface area contributed by atoms with Crippen molar-refractivity contribution in [2.75, 3.05) is 0 Å². The van der Waals surface area contributed by atoms with Crippen LogP contribution in [0.25, 0.3) is 5.52 Å². The summed E-state index contributed by atoms with van der Waals surface area (Å²) >= 11 is 0. The van der Waals surface area contributed by atoms with Gasteiger partial charge in [0, 0.05) is 6.20 Å². The van der Waals surface area contributed by atoms with Gasteiger partial charge in [-0.25, -0.2) is 4.52 Å². The first-order chi connectivity index (χ1) is 11.8. The molecule has 1 aromatic carbocycles. The van der Waals surface area contributed by atoms with E-state index in [0.717, 1.165) is 11.3 Å². The van der Waals surface area contributed by atoms with Gasteiger partial charge in [-0.1, -0.05) is 54.2 Å². The Bertz CT molecular complexity index is 951. The van der Waals surface area contributed by atoms with Crippen LogP contribution in [0, 0.1) is 0 Å². The normalized spacial score (nSPS) is 16.9. The first kappa shape index (κ1) is 14.5. The summed E-state index contributed by atoms with van der Waals surface area (Å²) in [5, 5.41) is 4.64. The van der Waals surface area contributed by atoms with Gasteiger partial charge in [-0.05, 0) is 31.2 Å². The Morgan fingerprint density at radius 1 is 1.04 bits per heavy atom. The lowest BCUT2D eigenvalue weighted by Crippen LogP contribution is -2.06. The van der Waals surface area contributed by atoms with Crippen LogP contribution in [0.15, 0.2) is 84.6 Å². The van der Waals surface area contributed by atoms with E-state index in [1.807, 2.05) is 65.3 Å². The lowest BCUT2D eigenvalue weighted by atomic mass is 10.1. The predicted molar refractivity (Wildman–Crippen MR) is 94.3 cm³/mol. The van der Waals surface area contributed by atoms with E-state index in [9.17, 15) is 0 Å². The summed E-state index contributed by atoms with van der Waals surface area (Å²) in [7, 11) is 0. The molecule has 0 aliphatic heterocycles. The Morgan fingerprint density at radius 2 is 1.92 bits per heavy atom. The maximum absolute atomic E-state index is 6.01. The van der Waals surface area contributed by atoms with Crippen molar-refractivity contribution in [3.05, 3.63) is 90.4 Å². The molecule has 0 saturated carbocycles. The van der Waals surface area contributed by atoms with E-state index >= 15 is 0 Å². The van der Waals surface area contributed by atoms with Crippen molar-refractivity contribution in [3.8, 4) is 11.6 Å². The monoisotopic (exact) mass is 315 g/mol. The zero-order chi connectivity index (χ0) is 16.4. The zero-order valence-electron chi connectivity index (χ0n) is 13.3. The lowest BCUT2D eigenvalue weighted by Gasteiger charge is -2.11. The standard InChI is InChI=1S/C20H17N3O/c1-15-8-5-6-9-16(14-15)19-21-20(18-12-7-13-23(18)22-19)24-17-10-3-2-4-11-17/h2-14,16H,1H3. The molecule has 0 fully saturated rings. The van der Waals surface area contributed by atoms with E-state index in [1.165, 1.54) is 5.57 Å². The molecule has 1 aliphatic rings. The molecule has 2 aromatic heterocycles. The van der Waals surface area contributed by atoms with Crippen molar-refractivity contribution >= 4 is 5.52 Å². The van der Waals surface area contributed by atoms with Crippen LogP contribution < -0.4 is 4.74 Å². The third kappa shape index (κ3) is 2.86. The fourth-order valence-electron chi connectivity index (χ4n) is 2.69. The number of allylic oxidation sites excluding steroid dienone is 6. The molecule has 0 amide bonds. The fourth-order valence-corrected chi connectivity index (χ4v) is 2.69. The minimum atomic E-state index is 0.0184. The van der Waals surface area contributed by atoms with Crippen LogP contribution >= 0.6 is 0 Å². The maximum atomic E-state index is 6.01. The Balaban J connectivity index is 1.79. The number of benzene rings is 1. The number of nitrogens with zero attached hydrogens (tertiary/aromatic N) is 3. The molecule has 1 aliphatic carbocycles. The van der Waals surface area contributed by atoms with Crippen LogP contribution in [-0.4, -0.2) is 14.6 Å². The first-order valence-corrected chi connectivity index (χ1v) is 7.91. The van der Waals surface area contributed by atoms with Gasteiger partial charge in [-0.3, -0.25) is 0 Å². The van der Waals surface area contributed by atoms with E-state index in [4.69, 9.17) is 9.72 Å². The molecule has 24 heavy (non-hydrogen) atoms. The van der Waals surface area contributed by atoms with Crippen LogP contribution in [0.3, 0.4) is 0 Å². The second-order valence-corrected chi connectivity index (χ2v) is 5.71. The minimum absolute atomic E-state index is 0.0184. The zero-order valence-corrected chi connectivity index (χ0v) is 13.3. The van der Waals surface area contributed by atoms with E-state index in [0.29, 0.717) is 11.7 Å². The Labute approximate surface area is 140 Å². The van der Waals surface area contributed by atoms with Crippen molar-refractivity contribution in [3.63, 3.8) is 0 Å². The van der Waals surface area contributed by atoms with Gasteiger partial charge in [0.15, 0.2) is 5.82 Å². The van der Waals surface area contributed by atoms with Gasteiger partial charge in [0.1, 0.15) is 11.3 Å². The number of aromatic nitrogens is 3. The molecular weight excluding hydrogens is 298 g/mol. The van der Waals surface area contributed by atoms with Crippen LogP contribution in [0.2, 0.25) is 0 Å². The van der Waals surface area contributed by atoms with Crippen molar-refractivity contribution in [1.29, 1.82) is 0 Å². The third-order valence-electron chi connectivity index (χ3n) is 3.86. The third-order valence-corrected chi connectivity index (χ3v) is 3.86.